The minimum absolute atomic E-state index is 0.806. The average molecular weight is 802 g/mol. The summed E-state index contributed by atoms with van der Waals surface area (Å²) in [5, 5.41) is 23.7. The van der Waals surface area contributed by atoms with Crippen LogP contribution >= 0.6 is 0 Å². The summed E-state index contributed by atoms with van der Waals surface area (Å²) < 4.78 is 0. The van der Waals surface area contributed by atoms with Crippen molar-refractivity contribution in [3.8, 4) is 0 Å². The molecule has 9 N–H and O–H groups in total. The van der Waals surface area contributed by atoms with Crippen molar-refractivity contribution in [1.29, 1.82) is 0 Å². The highest BCUT2D eigenvalue weighted by Gasteiger charge is 2.14. The van der Waals surface area contributed by atoms with Crippen LogP contribution in [0.3, 0.4) is 0 Å². The summed E-state index contributed by atoms with van der Waals surface area (Å²) in [6.45, 7) is 12.9. The van der Waals surface area contributed by atoms with Gasteiger partial charge in [0.15, 0.2) is 17.9 Å². The lowest BCUT2D eigenvalue weighted by Gasteiger charge is -2.26. The number of imidazole rings is 1. The second-order valence-electron chi connectivity index (χ2n) is 12.8. The molecule has 0 aromatic carbocycles. The number of fused-ring (bicyclic) bond motifs is 1. The Morgan fingerprint density at radius 1 is 0.741 bits per heavy atom. The topological polar surface area (TPSA) is 195 Å². The van der Waals surface area contributed by atoms with E-state index in [1.165, 1.54) is 30.6 Å². The first-order valence-corrected chi connectivity index (χ1v) is 19.5. The molecule has 0 bridgehead atoms. The number of guanidine groups is 2. The Labute approximate surface area is 347 Å². The summed E-state index contributed by atoms with van der Waals surface area (Å²) >= 11 is 0. The fourth-order valence-corrected chi connectivity index (χ4v) is 4.83. The number of nitrogens with one attached hydrogen (secondary N) is 9. The second kappa shape index (κ2) is 30.9. The molecular formula is C41H71N17. The van der Waals surface area contributed by atoms with Gasteiger partial charge in [-0.1, -0.05) is 24.8 Å². The number of pyridine rings is 3. The largest absolute Gasteiger partial charge is 0.375 e. The highest BCUT2D eigenvalue weighted by molar-refractivity contribution is 5.81. The number of aliphatic imine (C=N–C) groups is 2. The summed E-state index contributed by atoms with van der Waals surface area (Å²) in [4.78, 5) is 31.6. The van der Waals surface area contributed by atoms with Gasteiger partial charge in [-0.15, -0.1) is 0 Å². The third-order valence-electron chi connectivity index (χ3n) is 8.08. The van der Waals surface area contributed by atoms with Crippen molar-refractivity contribution in [3.05, 3.63) is 96.5 Å². The highest BCUT2D eigenvalue weighted by Crippen LogP contribution is 2.23. The number of rotatable bonds is 5. The lowest BCUT2D eigenvalue weighted by Crippen LogP contribution is -2.43. The van der Waals surface area contributed by atoms with E-state index in [1.807, 2.05) is 97.4 Å². The van der Waals surface area contributed by atoms with Crippen LogP contribution in [0.25, 0.3) is 0 Å². The van der Waals surface area contributed by atoms with E-state index >= 15 is 0 Å². The van der Waals surface area contributed by atoms with Crippen LogP contribution in [0.15, 0.2) is 89.5 Å². The van der Waals surface area contributed by atoms with E-state index in [2.05, 4.69) is 108 Å². The van der Waals surface area contributed by atoms with Crippen LogP contribution in [0.5, 0.6) is 0 Å². The number of H-pyrrole nitrogens is 1. The summed E-state index contributed by atoms with van der Waals surface area (Å²) in [5.41, 5.74) is 3.57. The molecule has 3 aliphatic heterocycles. The van der Waals surface area contributed by atoms with E-state index in [-0.39, 0.29) is 0 Å². The first-order valence-electron chi connectivity index (χ1n) is 19.5. The van der Waals surface area contributed by atoms with Gasteiger partial charge in [0, 0.05) is 126 Å². The first kappa shape index (κ1) is 49.8. The van der Waals surface area contributed by atoms with Crippen molar-refractivity contribution in [2.24, 2.45) is 9.98 Å². The monoisotopic (exact) mass is 802 g/mol. The van der Waals surface area contributed by atoms with Gasteiger partial charge < -0.3 is 57.3 Å². The molecule has 4 aromatic rings. The third-order valence-corrected chi connectivity index (χ3v) is 8.08. The molecule has 3 aliphatic rings. The molecule has 4 aromatic heterocycles. The summed E-state index contributed by atoms with van der Waals surface area (Å²) in [6, 6.07) is 16.0. The molecule has 0 atom stereocenters. The Morgan fingerprint density at radius 2 is 1.38 bits per heavy atom. The van der Waals surface area contributed by atoms with Crippen molar-refractivity contribution < 1.29 is 0 Å². The van der Waals surface area contributed by atoms with Crippen LogP contribution in [0.2, 0.25) is 0 Å². The molecule has 7 rings (SSSR count). The first-order chi connectivity index (χ1) is 28.0. The molecule has 320 valence electrons. The van der Waals surface area contributed by atoms with Gasteiger partial charge >= 0.3 is 0 Å². The van der Waals surface area contributed by atoms with Gasteiger partial charge in [-0.25, -0.2) is 19.9 Å². The number of aromatic amines is 1. The molecule has 17 nitrogen and oxygen atoms in total. The van der Waals surface area contributed by atoms with Crippen molar-refractivity contribution in [2.45, 2.75) is 33.1 Å². The summed E-state index contributed by atoms with van der Waals surface area (Å²) in [6.07, 6.45) is 8.86. The number of aryl methyl sites for hydroxylation is 3. The number of aromatic nitrogens is 5. The van der Waals surface area contributed by atoms with Crippen LogP contribution < -0.4 is 52.3 Å². The van der Waals surface area contributed by atoms with Gasteiger partial charge in [0.05, 0.1) is 5.82 Å². The van der Waals surface area contributed by atoms with Gasteiger partial charge in [-0.05, 0) is 69.0 Å². The van der Waals surface area contributed by atoms with Crippen LogP contribution in [-0.2, 0) is 6.42 Å². The molecule has 0 unspecified atom stereocenters. The number of nitrogens with zero attached hydrogens (tertiary/aromatic N) is 8. The van der Waals surface area contributed by atoms with Crippen LogP contribution in [0.1, 0.15) is 29.8 Å². The van der Waals surface area contributed by atoms with Crippen molar-refractivity contribution in [1.82, 2.24) is 56.8 Å². The maximum absolute atomic E-state index is 4.52. The van der Waals surface area contributed by atoms with Gasteiger partial charge in [0.2, 0.25) is 0 Å². The van der Waals surface area contributed by atoms with Gasteiger partial charge in [0.1, 0.15) is 17.5 Å². The fourth-order valence-electron chi connectivity index (χ4n) is 4.83. The summed E-state index contributed by atoms with van der Waals surface area (Å²) in [7, 11) is 16.9. The standard InChI is InChI=1S/C10H14N2.C8H12N2.C6H8N2.C5H11N3.C4H9N3.C4H7N3.C4H10N2/c1-8-5-6-9-4-3-7-12(2)10(9)11-8;1-7-5-4-6-8(9-7)10(2)3;1-7-6-4-2-3-5-8-6;1-6-5-7-3-2-4-8-5;2*1-5-4-6-2-3-7-4;1-4(5-2)6-3/h5-6H,3-4,7H2,1-2H3;4-6H,1-3H3;2-5H,1H3,(H,7,8);2-4H2,1H3,(H2,6,7,8);2-3H2,1H3,(H2,5,6,7);2-3H,1H3,(H2,5,6,7);5-6H,1H2,2-3H3. The SMILES string of the molecule is C=C(NC)NC.CN=C1NCCCN1.CN=C1NCCN1.CNc1ccccn1.CNc1ncc[nH]1.Cc1ccc2c(n1)N(C)CCC2.Cc1cccc(N(C)C)n1. The van der Waals surface area contributed by atoms with Crippen LogP contribution in [-0.4, -0.2) is 133 Å². The van der Waals surface area contributed by atoms with E-state index in [0.29, 0.717) is 0 Å². The van der Waals surface area contributed by atoms with Crippen LogP contribution in [0.4, 0.5) is 23.4 Å². The minimum Gasteiger partial charge on any atom is -0.375 e. The lowest BCUT2D eigenvalue weighted by molar-refractivity contribution is 0.667. The molecule has 17 heteroatoms. The molecule has 0 aliphatic carbocycles. The van der Waals surface area contributed by atoms with Gasteiger partial charge in [-0.2, -0.15) is 0 Å². The molecular weight excluding hydrogens is 731 g/mol. The highest BCUT2D eigenvalue weighted by atomic mass is 15.2. The molecule has 0 spiro atoms. The fraction of sp³-hybridized carbons (Fsp3) is 0.463. The normalized spacial score (nSPS) is 12.7. The van der Waals surface area contributed by atoms with Crippen LogP contribution in [0, 0.1) is 13.8 Å². The molecule has 2 fully saturated rings. The van der Waals surface area contributed by atoms with E-state index in [4.69, 9.17) is 0 Å². The summed E-state index contributed by atoms with van der Waals surface area (Å²) in [5.74, 6) is 6.60. The van der Waals surface area contributed by atoms with Crippen molar-refractivity contribution >= 4 is 35.3 Å². The number of hydrogen-bond donors (Lipinski definition) is 9. The lowest BCUT2D eigenvalue weighted by atomic mass is 10.1. The smallest absolute Gasteiger partial charge is 0.199 e. The van der Waals surface area contributed by atoms with Crippen molar-refractivity contribution in [3.63, 3.8) is 0 Å². The zero-order valence-corrected chi connectivity index (χ0v) is 36.8. The maximum atomic E-state index is 4.52. The maximum Gasteiger partial charge on any atom is 0.199 e. The van der Waals surface area contributed by atoms with Crippen molar-refractivity contribution in [2.75, 3.05) is 117 Å². The molecule has 2 saturated heterocycles. The Morgan fingerprint density at radius 3 is 1.79 bits per heavy atom. The second-order valence-corrected chi connectivity index (χ2v) is 12.8. The quantitative estimate of drug-likeness (QED) is 0.143. The van der Waals surface area contributed by atoms with E-state index in [9.17, 15) is 0 Å². The average Bonchev–Trinajstić information content (AvgIpc) is 4.01. The Kier molecular flexibility index (Phi) is 26.5. The molecule has 0 radical (unpaired) electrons. The Balaban J connectivity index is 0.000000343. The molecule has 0 amide bonds. The zero-order valence-electron chi connectivity index (χ0n) is 36.8. The van der Waals surface area contributed by atoms with E-state index in [1.54, 1.807) is 32.7 Å². The molecule has 7 heterocycles. The number of hydrogen-bond acceptors (Lipinski definition) is 12. The van der Waals surface area contributed by atoms with E-state index in [0.717, 1.165) is 79.4 Å². The van der Waals surface area contributed by atoms with E-state index < -0.39 is 0 Å². The predicted octanol–water partition coefficient (Wildman–Crippen LogP) is 3.42. The minimum atomic E-state index is 0.806. The van der Waals surface area contributed by atoms with Gasteiger partial charge in [-0.3, -0.25) is 9.98 Å². The zero-order chi connectivity index (χ0) is 43.0. The van der Waals surface area contributed by atoms with Gasteiger partial charge in [0.25, 0.3) is 0 Å². The Bertz CT molecular complexity index is 1670. The third kappa shape index (κ3) is 22.3. The molecule has 0 saturated carbocycles. The number of anilines is 4. The Hall–Kier alpha value is -6.26. The predicted molar refractivity (Wildman–Crippen MR) is 246 cm³/mol. The molecule has 58 heavy (non-hydrogen) atoms.